The van der Waals surface area contributed by atoms with Crippen molar-refractivity contribution < 1.29 is 0 Å². The number of allylic oxidation sites excluding steroid dienone is 4. The predicted molar refractivity (Wildman–Crippen MR) is 99.8 cm³/mol. The summed E-state index contributed by atoms with van der Waals surface area (Å²) in [6.45, 7) is 0.637. The fourth-order valence-electron chi connectivity index (χ4n) is 2.32. The van der Waals surface area contributed by atoms with Crippen LogP contribution in [0.1, 0.15) is 11.4 Å². The fourth-order valence-corrected chi connectivity index (χ4v) is 2.32. The zero-order valence-corrected chi connectivity index (χ0v) is 14.3. The number of nitrogens with one attached hydrogen (secondary N) is 3. The van der Waals surface area contributed by atoms with Crippen molar-refractivity contribution in [3.8, 4) is 6.07 Å². The topological polar surface area (TPSA) is 111 Å². The van der Waals surface area contributed by atoms with E-state index in [9.17, 15) is 5.26 Å². The van der Waals surface area contributed by atoms with Crippen LogP contribution in [0.5, 0.6) is 0 Å². The van der Waals surface area contributed by atoms with Gasteiger partial charge in [0.2, 0.25) is 11.9 Å². The average Bonchev–Trinajstić information content (AvgIpc) is 2.70. The zero-order valence-electron chi connectivity index (χ0n) is 14.3. The van der Waals surface area contributed by atoms with Gasteiger partial charge in [0.15, 0.2) is 5.82 Å². The Balaban J connectivity index is 1.81. The standard InChI is InChI=1S/C18H18N8/c1-20-17-24-16(14(11-19)15-6-2-3-9-22-15)25-18(26-17)23-10-7-13-5-4-8-21-12-13/h2-6,8-9,12,22H,7,10H2,1H3,(H2,20,23,24,25,26)/b15-14-. The minimum atomic E-state index is 0.304. The lowest BCUT2D eigenvalue weighted by molar-refractivity contribution is 0.947. The molecule has 0 bridgehead atoms. The van der Waals surface area contributed by atoms with Crippen molar-refractivity contribution in [2.24, 2.45) is 0 Å². The van der Waals surface area contributed by atoms with Gasteiger partial charge in [0.1, 0.15) is 11.6 Å². The molecule has 0 unspecified atom stereocenters. The van der Waals surface area contributed by atoms with Crippen LogP contribution in [0.2, 0.25) is 0 Å². The summed E-state index contributed by atoms with van der Waals surface area (Å²) >= 11 is 0. The maximum Gasteiger partial charge on any atom is 0.228 e. The van der Waals surface area contributed by atoms with Gasteiger partial charge in [0.25, 0.3) is 0 Å². The Bertz CT molecular complexity index is 893. The first kappa shape index (κ1) is 17.1. The van der Waals surface area contributed by atoms with Crippen LogP contribution in [0.15, 0.2) is 54.7 Å². The van der Waals surface area contributed by atoms with Gasteiger partial charge in [-0.25, -0.2) is 0 Å². The van der Waals surface area contributed by atoms with Crippen molar-refractivity contribution in [1.29, 1.82) is 5.26 Å². The zero-order chi connectivity index (χ0) is 18.2. The minimum Gasteiger partial charge on any atom is -0.360 e. The van der Waals surface area contributed by atoms with Gasteiger partial charge in [-0.2, -0.15) is 20.2 Å². The molecular formula is C18H18N8. The van der Waals surface area contributed by atoms with E-state index < -0.39 is 0 Å². The lowest BCUT2D eigenvalue weighted by atomic mass is 10.1. The minimum absolute atomic E-state index is 0.304. The van der Waals surface area contributed by atoms with Gasteiger partial charge in [-0.05, 0) is 30.2 Å². The summed E-state index contributed by atoms with van der Waals surface area (Å²) in [6.07, 6.45) is 11.6. The van der Waals surface area contributed by atoms with E-state index in [0.29, 0.717) is 35.5 Å². The summed E-state index contributed by atoms with van der Waals surface area (Å²) in [4.78, 5) is 17.1. The first-order valence-corrected chi connectivity index (χ1v) is 8.11. The smallest absolute Gasteiger partial charge is 0.228 e. The largest absolute Gasteiger partial charge is 0.360 e. The highest BCUT2D eigenvalue weighted by Gasteiger charge is 2.14. The predicted octanol–water partition coefficient (Wildman–Crippen LogP) is 1.87. The molecule has 0 fully saturated rings. The summed E-state index contributed by atoms with van der Waals surface area (Å²) in [7, 11) is 1.72. The highest BCUT2D eigenvalue weighted by molar-refractivity contribution is 5.78. The highest BCUT2D eigenvalue weighted by atomic mass is 15.2. The molecule has 8 heteroatoms. The van der Waals surface area contributed by atoms with Crippen molar-refractivity contribution >= 4 is 17.5 Å². The Kier molecular flexibility index (Phi) is 5.52. The molecule has 1 aliphatic heterocycles. The van der Waals surface area contributed by atoms with Crippen LogP contribution in [0.4, 0.5) is 11.9 Å². The van der Waals surface area contributed by atoms with E-state index in [4.69, 9.17) is 0 Å². The fraction of sp³-hybridized carbons (Fsp3) is 0.167. The number of anilines is 2. The Labute approximate surface area is 151 Å². The number of aromatic nitrogens is 4. The second-order valence-corrected chi connectivity index (χ2v) is 5.36. The number of pyridine rings is 1. The number of dihydropyridines is 1. The highest BCUT2D eigenvalue weighted by Crippen LogP contribution is 2.18. The third kappa shape index (κ3) is 4.21. The number of nitrogens with zero attached hydrogens (tertiary/aromatic N) is 5. The van der Waals surface area contributed by atoms with E-state index in [-0.39, 0.29) is 0 Å². The molecule has 0 radical (unpaired) electrons. The number of hydrogen-bond acceptors (Lipinski definition) is 8. The summed E-state index contributed by atoms with van der Waals surface area (Å²) in [6, 6.07) is 6.08. The van der Waals surface area contributed by atoms with E-state index >= 15 is 0 Å². The summed E-state index contributed by atoms with van der Waals surface area (Å²) in [5.74, 6) is 1.10. The van der Waals surface area contributed by atoms with Crippen LogP contribution in [-0.4, -0.2) is 33.5 Å². The Hall–Kier alpha value is -3.73. The van der Waals surface area contributed by atoms with Gasteiger partial charge in [0.05, 0.1) is 5.70 Å². The maximum atomic E-state index is 9.56. The molecule has 1 aliphatic rings. The number of hydrogen-bond donors (Lipinski definition) is 3. The van der Waals surface area contributed by atoms with E-state index in [1.165, 1.54) is 0 Å². The van der Waals surface area contributed by atoms with E-state index in [1.54, 1.807) is 25.5 Å². The molecule has 0 saturated heterocycles. The molecule has 0 spiro atoms. The second-order valence-electron chi connectivity index (χ2n) is 5.36. The van der Waals surface area contributed by atoms with Crippen LogP contribution in [-0.2, 0) is 6.42 Å². The molecule has 0 saturated carbocycles. The monoisotopic (exact) mass is 346 g/mol. The van der Waals surface area contributed by atoms with Crippen molar-refractivity contribution in [3.63, 3.8) is 0 Å². The molecular weight excluding hydrogens is 328 g/mol. The number of rotatable bonds is 6. The molecule has 3 heterocycles. The van der Waals surface area contributed by atoms with Crippen molar-refractivity contribution in [2.45, 2.75) is 6.42 Å². The average molecular weight is 346 g/mol. The second kappa shape index (κ2) is 8.39. The van der Waals surface area contributed by atoms with Gasteiger partial charge in [-0.3, -0.25) is 4.98 Å². The molecule has 0 aliphatic carbocycles. The Morgan fingerprint density at radius 3 is 2.81 bits per heavy atom. The SMILES string of the molecule is CNc1nc(NCCc2cccnc2)nc(/C(C#N)=C2/C=CC=CN2)n1. The van der Waals surface area contributed by atoms with E-state index in [1.807, 2.05) is 30.5 Å². The van der Waals surface area contributed by atoms with Gasteiger partial charge >= 0.3 is 0 Å². The molecule has 0 amide bonds. The molecule has 130 valence electrons. The molecule has 0 atom stereocenters. The number of nitriles is 1. The van der Waals surface area contributed by atoms with Crippen molar-refractivity contribution in [2.75, 3.05) is 24.2 Å². The van der Waals surface area contributed by atoms with Crippen molar-refractivity contribution in [1.82, 2.24) is 25.3 Å². The van der Waals surface area contributed by atoms with Crippen LogP contribution in [0, 0.1) is 11.3 Å². The Morgan fingerprint density at radius 2 is 2.12 bits per heavy atom. The molecule has 2 aromatic rings. The van der Waals surface area contributed by atoms with Crippen LogP contribution >= 0.6 is 0 Å². The maximum absolute atomic E-state index is 9.56. The Morgan fingerprint density at radius 1 is 1.23 bits per heavy atom. The lowest BCUT2D eigenvalue weighted by Gasteiger charge is -2.11. The van der Waals surface area contributed by atoms with Crippen LogP contribution in [0.3, 0.4) is 0 Å². The van der Waals surface area contributed by atoms with Crippen LogP contribution in [0.25, 0.3) is 5.57 Å². The first-order valence-electron chi connectivity index (χ1n) is 8.11. The van der Waals surface area contributed by atoms with E-state index in [2.05, 4.69) is 42.0 Å². The quantitative estimate of drug-likeness (QED) is 0.680. The molecule has 26 heavy (non-hydrogen) atoms. The van der Waals surface area contributed by atoms with Gasteiger partial charge in [0, 0.05) is 32.2 Å². The third-order valence-electron chi connectivity index (χ3n) is 3.59. The third-order valence-corrected chi connectivity index (χ3v) is 3.59. The molecule has 2 aromatic heterocycles. The molecule has 3 N–H and O–H groups in total. The summed E-state index contributed by atoms with van der Waals surface area (Å²) in [5.41, 5.74) is 2.11. The lowest BCUT2D eigenvalue weighted by Crippen LogP contribution is -2.14. The van der Waals surface area contributed by atoms with Gasteiger partial charge < -0.3 is 16.0 Å². The first-order chi connectivity index (χ1) is 12.8. The van der Waals surface area contributed by atoms with Crippen LogP contribution < -0.4 is 16.0 Å². The normalized spacial score (nSPS) is 14.3. The van der Waals surface area contributed by atoms with Gasteiger partial charge in [-0.15, -0.1) is 0 Å². The van der Waals surface area contributed by atoms with Gasteiger partial charge in [-0.1, -0.05) is 12.1 Å². The molecule has 0 aromatic carbocycles. The summed E-state index contributed by atoms with van der Waals surface area (Å²) < 4.78 is 0. The molecule has 3 rings (SSSR count). The van der Waals surface area contributed by atoms with E-state index in [0.717, 1.165) is 12.0 Å². The van der Waals surface area contributed by atoms with Crippen molar-refractivity contribution in [3.05, 3.63) is 66.0 Å². The summed E-state index contributed by atoms with van der Waals surface area (Å²) in [5, 5.41) is 18.7. The molecule has 8 nitrogen and oxygen atoms in total.